The average molecular weight is 609 g/mol. The maximum absolute atomic E-state index is 13.1. The number of halogens is 4. The van der Waals surface area contributed by atoms with Crippen molar-refractivity contribution in [3.8, 4) is 11.5 Å². The first-order valence-corrected chi connectivity index (χ1v) is 12.5. The molecule has 5 amide bonds. The van der Waals surface area contributed by atoms with Gasteiger partial charge in [0.25, 0.3) is 17.7 Å². The van der Waals surface area contributed by atoms with E-state index in [4.69, 9.17) is 55.9 Å². The number of hydrogen-bond acceptors (Lipinski definition) is 6. The van der Waals surface area contributed by atoms with Crippen LogP contribution in [0.25, 0.3) is 6.08 Å². The van der Waals surface area contributed by atoms with Crippen LogP contribution in [0.1, 0.15) is 5.56 Å². The minimum Gasteiger partial charge on any atom is -0.493 e. The van der Waals surface area contributed by atoms with Gasteiger partial charge in [-0.25, -0.2) is 9.69 Å². The van der Waals surface area contributed by atoms with Crippen molar-refractivity contribution in [1.29, 1.82) is 0 Å². The zero-order valence-electron chi connectivity index (χ0n) is 19.9. The summed E-state index contributed by atoms with van der Waals surface area (Å²) in [7, 11) is 1.35. The maximum Gasteiger partial charge on any atom is 0.335 e. The predicted octanol–water partition coefficient (Wildman–Crippen LogP) is 5.99. The van der Waals surface area contributed by atoms with E-state index in [0.717, 1.165) is 4.90 Å². The summed E-state index contributed by atoms with van der Waals surface area (Å²) in [5.74, 6) is -2.07. The van der Waals surface area contributed by atoms with Crippen LogP contribution in [0.4, 0.5) is 16.2 Å². The van der Waals surface area contributed by atoms with E-state index in [1.807, 2.05) is 0 Å². The quantitative estimate of drug-likeness (QED) is 0.251. The summed E-state index contributed by atoms with van der Waals surface area (Å²) in [5, 5.41) is 5.69. The molecule has 3 aromatic carbocycles. The number of carbonyl (C=O) groups excluding carboxylic acids is 4. The number of nitrogens with zero attached hydrogens (tertiary/aromatic N) is 1. The van der Waals surface area contributed by atoms with Gasteiger partial charge in [0.05, 0.1) is 27.9 Å². The third-order valence-electron chi connectivity index (χ3n) is 5.28. The maximum atomic E-state index is 13.1. The number of imide groups is 2. The molecule has 4 rings (SSSR count). The third kappa shape index (κ3) is 6.46. The van der Waals surface area contributed by atoms with E-state index < -0.39 is 30.4 Å². The van der Waals surface area contributed by atoms with Gasteiger partial charge in [-0.3, -0.25) is 19.7 Å². The first kappa shape index (κ1) is 28.3. The molecule has 1 heterocycles. The molecule has 1 aliphatic rings. The van der Waals surface area contributed by atoms with Crippen LogP contribution in [-0.4, -0.2) is 37.5 Å². The number of urea groups is 1. The van der Waals surface area contributed by atoms with Crippen LogP contribution in [0.5, 0.6) is 11.5 Å². The molecule has 13 heteroatoms. The van der Waals surface area contributed by atoms with Crippen molar-refractivity contribution in [3.05, 3.63) is 85.8 Å². The van der Waals surface area contributed by atoms with Gasteiger partial charge in [0.2, 0.25) is 0 Å². The molecule has 2 N–H and O–H groups in total. The molecular formula is C26H17Cl4N3O6. The van der Waals surface area contributed by atoms with E-state index in [2.05, 4.69) is 10.6 Å². The van der Waals surface area contributed by atoms with Gasteiger partial charge in [0, 0.05) is 10.7 Å². The molecule has 1 fully saturated rings. The Balaban J connectivity index is 1.55. The largest absolute Gasteiger partial charge is 0.493 e. The van der Waals surface area contributed by atoms with Crippen molar-refractivity contribution < 1.29 is 28.7 Å². The standard InChI is InChI=1S/C26H17Cl4N3O6/c1-38-21-9-13(7-17-24(35)32-26(37)33(25(17)36)16-4-2-3-14(27)10-16)8-20(30)23(21)39-12-22(34)31-15-5-6-18(28)19(29)11-15/h2-11H,12H2,1H3,(H,31,34)(H,32,35,37)/b17-7+. The molecule has 0 atom stereocenters. The van der Waals surface area contributed by atoms with E-state index in [1.54, 1.807) is 18.2 Å². The molecule has 3 aromatic rings. The second-order valence-electron chi connectivity index (χ2n) is 7.94. The Kier molecular flexibility index (Phi) is 8.66. The fraction of sp³-hybridized carbons (Fsp3) is 0.0769. The third-order valence-corrected chi connectivity index (χ3v) is 6.54. The Hall–Kier alpha value is -3.76. The molecular weight excluding hydrogens is 592 g/mol. The van der Waals surface area contributed by atoms with Gasteiger partial charge in [-0.15, -0.1) is 0 Å². The summed E-state index contributed by atoms with van der Waals surface area (Å²) in [6.07, 6.45) is 1.25. The summed E-state index contributed by atoms with van der Waals surface area (Å²) in [5.41, 5.74) is 0.561. The first-order valence-electron chi connectivity index (χ1n) is 11.0. The van der Waals surface area contributed by atoms with Crippen molar-refractivity contribution in [3.63, 3.8) is 0 Å². The molecule has 0 aromatic heterocycles. The topological polar surface area (TPSA) is 114 Å². The van der Waals surface area contributed by atoms with Gasteiger partial charge in [0.1, 0.15) is 5.57 Å². The van der Waals surface area contributed by atoms with Crippen LogP contribution < -0.4 is 25.0 Å². The van der Waals surface area contributed by atoms with Crippen molar-refractivity contribution in [2.45, 2.75) is 0 Å². The minimum atomic E-state index is -0.914. The lowest BCUT2D eigenvalue weighted by molar-refractivity contribution is -0.122. The molecule has 0 unspecified atom stereocenters. The molecule has 200 valence electrons. The molecule has 0 bridgehead atoms. The lowest BCUT2D eigenvalue weighted by Gasteiger charge is -2.26. The molecule has 9 nitrogen and oxygen atoms in total. The van der Waals surface area contributed by atoms with E-state index in [1.165, 1.54) is 49.6 Å². The van der Waals surface area contributed by atoms with Gasteiger partial charge in [-0.05, 0) is 60.2 Å². The second-order valence-corrected chi connectivity index (χ2v) is 9.60. The van der Waals surface area contributed by atoms with Crippen molar-refractivity contribution in [1.82, 2.24) is 5.32 Å². The number of nitrogens with one attached hydrogen (secondary N) is 2. The lowest BCUT2D eigenvalue weighted by atomic mass is 10.1. The molecule has 1 aliphatic heterocycles. The fourth-order valence-electron chi connectivity index (χ4n) is 3.55. The van der Waals surface area contributed by atoms with Crippen LogP contribution >= 0.6 is 46.4 Å². The van der Waals surface area contributed by atoms with Gasteiger partial charge < -0.3 is 14.8 Å². The summed E-state index contributed by atoms with van der Waals surface area (Å²) in [4.78, 5) is 51.2. The summed E-state index contributed by atoms with van der Waals surface area (Å²) in [6.45, 7) is -0.422. The van der Waals surface area contributed by atoms with E-state index in [9.17, 15) is 19.2 Å². The smallest absolute Gasteiger partial charge is 0.335 e. The highest BCUT2D eigenvalue weighted by Gasteiger charge is 2.37. The number of methoxy groups -OCH3 is 1. The van der Waals surface area contributed by atoms with Crippen LogP contribution in [-0.2, 0) is 14.4 Å². The summed E-state index contributed by atoms with van der Waals surface area (Å²) >= 11 is 24.2. The average Bonchev–Trinajstić information content (AvgIpc) is 2.87. The molecule has 0 saturated carbocycles. The summed E-state index contributed by atoms with van der Waals surface area (Å²) < 4.78 is 10.9. The number of hydrogen-bond donors (Lipinski definition) is 2. The van der Waals surface area contributed by atoms with Gasteiger partial charge in [0.15, 0.2) is 18.1 Å². The van der Waals surface area contributed by atoms with E-state index >= 15 is 0 Å². The predicted molar refractivity (Wildman–Crippen MR) is 149 cm³/mol. The van der Waals surface area contributed by atoms with Crippen molar-refractivity contribution in [2.75, 3.05) is 23.9 Å². The Labute approximate surface area is 242 Å². The Morgan fingerprint density at radius 1 is 0.974 bits per heavy atom. The summed E-state index contributed by atoms with van der Waals surface area (Å²) in [6, 6.07) is 12.6. The normalized spacial score (nSPS) is 14.3. The van der Waals surface area contributed by atoms with Crippen LogP contribution in [0.3, 0.4) is 0 Å². The van der Waals surface area contributed by atoms with Gasteiger partial charge in [-0.1, -0.05) is 52.5 Å². The molecule has 39 heavy (non-hydrogen) atoms. The monoisotopic (exact) mass is 607 g/mol. The Morgan fingerprint density at radius 3 is 2.44 bits per heavy atom. The van der Waals surface area contributed by atoms with Gasteiger partial charge >= 0.3 is 6.03 Å². The van der Waals surface area contributed by atoms with Gasteiger partial charge in [-0.2, -0.15) is 0 Å². The zero-order valence-corrected chi connectivity index (χ0v) is 22.9. The Bertz CT molecular complexity index is 1540. The fourth-order valence-corrected chi connectivity index (χ4v) is 4.30. The molecule has 0 radical (unpaired) electrons. The molecule has 1 saturated heterocycles. The van der Waals surface area contributed by atoms with E-state index in [-0.39, 0.29) is 32.8 Å². The molecule has 0 spiro atoms. The zero-order chi connectivity index (χ0) is 28.3. The van der Waals surface area contributed by atoms with Crippen LogP contribution in [0.2, 0.25) is 20.1 Å². The second kappa shape index (κ2) is 12.0. The number of anilines is 2. The highest BCUT2D eigenvalue weighted by Crippen LogP contribution is 2.37. The van der Waals surface area contributed by atoms with E-state index in [0.29, 0.717) is 21.3 Å². The number of amides is 5. The number of ether oxygens (including phenoxy) is 2. The van der Waals surface area contributed by atoms with Crippen LogP contribution in [0, 0.1) is 0 Å². The highest BCUT2D eigenvalue weighted by atomic mass is 35.5. The highest BCUT2D eigenvalue weighted by molar-refractivity contribution is 6.42. The van der Waals surface area contributed by atoms with Crippen molar-refractivity contribution in [2.24, 2.45) is 0 Å². The first-order chi connectivity index (χ1) is 18.6. The molecule has 0 aliphatic carbocycles. The number of benzene rings is 3. The number of barbiturate groups is 1. The SMILES string of the molecule is COc1cc(/C=C2\C(=O)NC(=O)N(c3cccc(Cl)c3)C2=O)cc(Cl)c1OCC(=O)Nc1ccc(Cl)c(Cl)c1. The van der Waals surface area contributed by atoms with Crippen LogP contribution in [0.15, 0.2) is 60.2 Å². The minimum absolute atomic E-state index is 0.0370. The number of carbonyl (C=O) groups is 4. The Morgan fingerprint density at radius 2 is 1.74 bits per heavy atom. The lowest BCUT2D eigenvalue weighted by Crippen LogP contribution is -2.54. The van der Waals surface area contributed by atoms with Crippen molar-refractivity contribution >= 4 is 87.6 Å². The number of rotatable bonds is 7.